The Balaban J connectivity index is 2.89. The second-order valence-electron chi connectivity index (χ2n) is 7.92. The first kappa shape index (κ1) is 22.8. The van der Waals surface area contributed by atoms with Crippen LogP contribution in [0.15, 0.2) is 30.3 Å². The van der Waals surface area contributed by atoms with Crippen molar-refractivity contribution in [3.8, 4) is 0 Å². The highest BCUT2D eigenvalue weighted by Gasteiger charge is 2.40. The molecule has 0 heterocycles. The lowest BCUT2D eigenvalue weighted by molar-refractivity contribution is -0.166. The summed E-state index contributed by atoms with van der Waals surface area (Å²) >= 11 is 0. The number of rotatable bonds is 9. The van der Waals surface area contributed by atoms with Crippen LogP contribution in [0.25, 0.3) is 0 Å². The van der Waals surface area contributed by atoms with E-state index in [-0.39, 0.29) is 17.9 Å². The summed E-state index contributed by atoms with van der Waals surface area (Å²) in [5.74, 6) is -3.20. The molecule has 0 aliphatic rings. The van der Waals surface area contributed by atoms with Crippen molar-refractivity contribution in [2.45, 2.75) is 64.0 Å². The van der Waals surface area contributed by atoms with Crippen molar-refractivity contribution in [2.24, 2.45) is 0 Å². The van der Waals surface area contributed by atoms with Crippen molar-refractivity contribution in [1.82, 2.24) is 0 Å². The van der Waals surface area contributed by atoms with Crippen LogP contribution in [-0.2, 0) is 23.5 Å². The average Bonchev–Trinajstić information content (AvgIpc) is 2.51. The van der Waals surface area contributed by atoms with Crippen molar-refractivity contribution < 1.29 is 33.8 Å². The Morgan fingerprint density at radius 2 is 1.59 bits per heavy atom. The molecule has 27 heavy (non-hydrogen) atoms. The zero-order valence-electron chi connectivity index (χ0n) is 16.4. The van der Waals surface area contributed by atoms with Crippen LogP contribution >= 0.6 is 0 Å². The fraction of sp³-hybridized carbons (Fsp3) is 0.526. The van der Waals surface area contributed by atoms with E-state index in [1.807, 2.05) is 33.9 Å². The molecule has 1 rings (SSSR count). The van der Waals surface area contributed by atoms with Crippen molar-refractivity contribution >= 4 is 26.2 Å². The predicted molar refractivity (Wildman–Crippen MR) is 102 cm³/mol. The molecule has 1 aromatic rings. The van der Waals surface area contributed by atoms with Crippen molar-refractivity contribution in [3.63, 3.8) is 0 Å². The molecule has 0 amide bonds. The highest BCUT2D eigenvalue weighted by molar-refractivity contribution is 6.74. The number of ether oxygens (including phenoxy) is 1. The quantitative estimate of drug-likeness (QED) is 0.484. The Labute approximate surface area is 160 Å². The standard InChI is InChI=1S/C19H28O7Si/c1-19(2,3)27(4,5)26-14(11-15(20)21)12-16(22)25-17(18(23)24)13-9-7-6-8-10-13/h6-10,14,17H,11-12H2,1-5H3,(H,20,21)(H,23,24)/t14-,17+/m1/s1. The molecule has 2 N–H and O–H groups in total. The Hall–Kier alpha value is -2.19. The third kappa shape index (κ3) is 7.14. The molecule has 0 unspecified atom stereocenters. The number of benzene rings is 1. The van der Waals surface area contributed by atoms with Crippen LogP contribution in [0.4, 0.5) is 0 Å². The van der Waals surface area contributed by atoms with Crippen LogP contribution < -0.4 is 0 Å². The average molecular weight is 397 g/mol. The van der Waals surface area contributed by atoms with Gasteiger partial charge in [0.15, 0.2) is 8.32 Å². The SMILES string of the molecule is CC(C)(C)[Si](C)(C)O[C@H](CC(=O)O)CC(=O)O[C@H](C(=O)O)c1ccccc1. The summed E-state index contributed by atoms with van der Waals surface area (Å²) in [5.41, 5.74) is 0.332. The topological polar surface area (TPSA) is 110 Å². The first-order chi connectivity index (χ1) is 12.3. The molecule has 0 spiro atoms. The van der Waals surface area contributed by atoms with Crippen LogP contribution in [0.5, 0.6) is 0 Å². The first-order valence-electron chi connectivity index (χ1n) is 8.70. The van der Waals surface area contributed by atoms with Gasteiger partial charge >= 0.3 is 17.9 Å². The third-order valence-corrected chi connectivity index (χ3v) is 9.17. The highest BCUT2D eigenvalue weighted by Crippen LogP contribution is 2.38. The molecule has 7 nitrogen and oxygen atoms in total. The summed E-state index contributed by atoms with van der Waals surface area (Å²) < 4.78 is 11.2. The molecule has 0 aromatic heterocycles. The molecule has 0 saturated heterocycles. The molecular weight excluding hydrogens is 368 g/mol. The normalized spacial score (nSPS) is 14.3. The van der Waals surface area contributed by atoms with Gasteiger partial charge in [-0.25, -0.2) is 4.79 Å². The van der Waals surface area contributed by atoms with Gasteiger partial charge in [0.25, 0.3) is 0 Å². The molecule has 150 valence electrons. The van der Waals surface area contributed by atoms with Gasteiger partial charge in [0.1, 0.15) is 0 Å². The van der Waals surface area contributed by atoms with Gasteiger partial charge in [-0.2, -0.15) is 0 Å². The lowest BCUT2D eigenvalue weighted by Gasteiger charge is -2.38. The minimum Gasteiger partial charge on any atom is -0.481 e. The van der Waals surface area contributed by atoms with E-state index in [1.54, 1.807) is 30.3 Å². The van der Waals surface area contributed by atoms with Gasteiger partial charge in [0.05, 0.1) is 18.9 Å². The van der Waals surface area contributed by atoms with Crippen molar-refractivity contribution in [2.75, 3.05) is 0 Å². The van der Waals surface area contributed by atoms with Gasteiger partial charge in [-0.05, 0) is 18.1 Å². The number of hydrogen-bond donors (Lipinski definition) is 2. The smallest absolute Gasteiger partial charge is 0.349 e. The van der Waals surface area contributed by atoms with E-state index in [9.17, 15) is 19.5 Å². The summed E-state index contributed by atoms with van der Waals surface area (Å²) in [7, 11) is -2.31. The maximum Gasteiger partial charge on any atom is 0.349 e. The molecule has 0 bridgehead atoms. The van der Waals surface area contributed by atoms with Crippen molar-refractivity contribution in [3.05, 3.63) is 35.9 Å². The van der Waals surface area contributed by atoms with Gasteiger partial charge in [-0.15, -0.1) is 0 Å². The Bertz CT molecular complexity index is 664. The molecule has 8 heteroatoms. The summed E-state index contributed by atoms with van der Waals surface area (Å²) in [5, 5.41) is 18.3. The van der Waals surface area contributed by atoms with E-state index >= 15 is 0 Å². The first-order valence-corrected chi connectivity index (χ1v) is 11.6. The summed E-state index contributed by atoms with van der Waals surface area (Å²) in [6, 6.07) is 8.11. The Morgan fingerprint density at radius 3 is 2.04 bits per heavy atom. The number of aliphatic carboxylic acids is 2. The number of carbonyl (C=O) groups excluding carboxylic acids is 1. The van der Waals surface area contributed by atoms with Gasteiger partial charge in [-0.3, -0.25) is 9.59 Å². The Morgan fingerprint density at radius 1 is 1.04 bits per heavy atom. The van der Waals surface area contributed by atoms with Crippen LogP contribution in [0.1, 0.15) is 45.3 Å². The summed E-state index contributed by atoms with van der Waals surface area (Å²) in [6.45, 7) is 9.93. The van der Waals surface area contributed by atoms with Crippen molar-refractivity contribution in [1.29, 1.82) is 0 Å². The number of hydrogen-bond acceptors (Lipinski definition) is 5. The largest absolute Gasteiger partial charge is 0.481 e. The van der Waals surface area contributed by atoms with Gasteiger partial charge in [0.2, 0.25) is 6.10 Å². The van der Waals surface area contributed by atoms with E-state index in [0.29, 0.717) is 5.56 Å². The third-order valence-electron chi connectivity index (χ3n) is 4.64. The molecule has 2 atom stereocenters. The van der Waals surface area contributed by atoms with Gasteiger partial charge < -0.3 is 19.4 Å². The predicted octanol–water partition coefficient (Wildman–Crippen LogP) is 3.61. The monoisotopic (exact) mass is 396 g/mol. The van der Waals surface area contributed by atoms with E-state index in [2.05, 4.69) is 0 Å². The second-order valence-corrected chi connectivity index (χ2v) is 12.7. The van der Waals surface area contributed by atoms with E-state index in [1.165, 1.54) is 0 Å². The van der Waals surface area contributed by atoms with E-state index in [0.717, 1.165) is 0 Å². The molecule has 1 aromatic carbocycles. The minimum atomic E-state index is -2.31. The van der Waals surface area contributed by atoms with Crippen LogP contribution in [0.3, 0.4) is 0 Å². The maximum atomic E-state index is 12.3. The number of carboxylic acids is 2. The minimum absolute atomic E-state index is 0.165. The lowest BCUT2D eigenvalue weighted by atomic mass is 10.1. The molecule has 0 radical (unpaired) electrons. The number of carbonyl (C=O) groups is 3. The summed E-state index contributed by atoms with van der Waals surface area (Å²) in [4.78, 5) is 34.9. The lowest BCUT2D eigenvalue weighted by Crippen LogP contribution is -2.45. The van der Waals surface area contributed by atoms with Crippen LogP contribution in [-0.4, -0.2) is 42.5 Å². The van der Waals surface area contributed by atoms with E-state index < -0.39 is 38.4 Å². The maximum absolute atomic E-state index is 12.3. The van der Waals surface area contributed by atoms with Gasteiger partial charge in [-0.1, -0.05) is 51.1 Å². The molecular formula is C19H28O7Si. The zero-order valence-corrected chi connectivity index (χ0v) is 17.4. The Kier molecular flexibility index (Phi) is 7.73. The van der Waals surface area contributed by atoms with E-state index in [4.69, 9.17) is 14.3 Å². The number of carboxylic acid groups (broad SMARTS) is 2. The molecule has 0 fully saturated rings. The molecule has 0 aliphatic carbocycles. The fourth-order valence-corrected chi connectivity index (χ4v) is 3.55. The number of esters is 1. The molecule has 0 saturated carbocycles. The fourth-order valence-electron chi connectivity index (χ4n) is 2.20. The van der Waals surface area contributed by atoms with Crippen LogP contribution in [0, 0.1) is 0 Å². The zero-order chi connectivity index (χ0) is 20.8. The van der Waals surface area contributed by atoms with Gasteiger partial charge in [0, 0.05) is 5.56 Å². The second kappa shape index (κ2) is 9.14. The molecule has 0 aliphatic heterocycles. The highest BCUT2D eigenvalue weighted by atomic mass is 28.4. The summed E-state index contributed by atoms with van der Waals surface area (Å²) in [6.07, 6.45) is -3.00. The van der Waals surface area contributed by atoms with Crippen LogP contribution in [0.2, 0.25) is 18.1 Å².